The van der Waals surface area contributed by atoms with Crippen LogP contribution in [0.3, 0.4) is 0 Å². The lowest BCUT2D eigenvalue weighted by atomic mass is 9.98. The van der Waals surface area contributed by atoms with E-state index >= 15 is 0 Å². The second kappa shape index (κ2) is 5.99. The average molecular weight is 232 g/mol. The van der Waals surface area contributed by atoms with Crippen molar-refractivity contribution in [2.24, 2.45) is 5.73 Å². The summed E-state index contributed by atoms with van der Waals surface area (Å²) in [4.78, 5) is 2.38. The monoisotopic (exact) mass is 232 g/mol. The van der Waals surface area contributed by atoms with Gasteiger partial charge in [-0.05, 0) is 26.3 Å². The lowest BCUT2D eigenvalue weighted by molar-refractivity contribution is 0.100. The van der Waals surface area contributed by atoms with Crippen molar-refractivity contribution in [3.63, 3.8) is 0 Å². The summed E-state index contributed by atoms with van der Waals surface area (Å²) in [7, 11) is 0. The van der Waals surface area contributed by atoms with E-state index < -0.39 is 0 Å². The van der Waals surface area contributed by atoms with Gasteiger partial charge < -0.3 is 5.73 Å². The van der Waals surface area contributed by atoms with Crippen LogP contribution in [-0.2, 0) is 0 Å². The normalized spacial score (nSPS) is 13.7. The van der Waals surface area contributed by atoms with Gasteiger partial charge in [0.05, 0.1) is 0 Å². The van der Waals surface area contributed by atoms with Crippen LogP contribution < -0.4 is 5.73 Å². The molecule has 0 aromatic heterocycles. The van der Waals surface area contributed by atoms with E-state index in [2.05, 4.69) is 56.5 Å². The van der Waals surface area contributed by atoms with E-state index in [0.717, 1.165) is 6.54 Å². The van der Waals surface area contributed by atoms with Gasteiger partial charge in [-0.25, -0.2) is 0 Å². The lowest BCUT2D eigenvalue weighted by Crippen LogP contribution is -2.46. The summed E-state index contributed by atoms with van der Waals surface area (Å²) in [5, 5.41) is 0. The van der Waals surface area contributed by atoms with Crippen molar-refractivity contribution < 1.29 is 0 Å². The zero-order valence-electron chi connectivity index (χ0n) is 11.2. The Kier molecular flexibility index (Phi) is 4.91. The van der Waals surface area contributed by atoms with E-state index in [9.17, 15) is 0 Å². The molecule has 0 aliphatic rings. The van der Waals surface area contributed by atoms with Crippen LogP contribution in [0.1, 0.15) is 32.4 Å². The second-order valence-corrected chi connectivity index (χ2v) is 5.27. The van der Waals surface area contributed by atoms with E-state index in [1.165, 1.54) is 5.56 Å². The van der Waals surface area contributed by atoms with Gasteiger partial charge in [0.2, 0.25) is 0 Å². The van der Waals surface area contributed by atoms with Gasteiger partial charge in [-0.1, -0.05) is 36.4 Å². The number of nitrogens with two attached hydrogens (primary N) is 1. The molecule has 0 aliphatic carbocycles. The molecule has 0 heterocycles. The molecule has 2 heteroatoms. The molecule has 0 fully saturated rings. The van der Waals surface area contributed by atoms with E-state index in [1.54, 1.807) is 0 Å². The summed E-state index contributed by atoms with van der Waals surface area (Å²) in [6.45, 7) is 11.9. The molecule has 1 atom stereocenters. The number of hydrogen-bond donors (Lipinski definition) is 1. The van der Waals surface area contributed by atoms with Gasteiger partial charge in [-0.2, -0.15) is 0 Å². The number of hydrogen-bond acceptors (Lipinski definition) is 2. The first-order valence-electron chi connectivity index (χ1n) is 6.13. The fraction of sp³-hybridized carbons (Fsp3) is 0.467. The molecule has 2 nitrogen and oxygen atoms in total. The van der Waals surface area contributed by atoms with Crippen LogP contribution in [0.4, 0.5) is 0 Å². The first kappa shape index (κ1) is 13.9. The Labute approximate surface area is 105 Å². The van der Waals surface area contributed by atoms with Gasteiger partial charge in [-0.3, -0.25) is 4.90 Å². The second-order valence-electron chi connectivity index (χ2n) is 5.27. The molecule has 0 saturated carbocycles. The molecule has 0 radical (unpaired) electrons. The van der Waals surface area contributed by atoms with Gasteiger partial charge in [0.25, 0.3) is 0 Å². The zero-order chi connectivity index (χ0) is 12.9. The van der Waals surface area contributed by atoms with E-state index in [4.69, 9.17) is 5.73 Å². The van der Waals surface area contributed by atoms with Gasteiger partial charge in [0.15, 0.2) is 0 Å². The third-order valence-electron chi connectivity index (χ3n) is 2.97. The minimum Gasteiger partial charge on any atom is -0.329 e. The smallest absolute Gasteiger partial charge is 0.0478 e. The molecule has 1 aromatic carbocycles. The molecule has 0 aliphatic heterocycles. The highest BCUT2D eigenvalue weighted by Crippen LogP contribution is 2.27. The fourth-order valence-corrected chi connectivity index (χ4v) is 2.13. The Bertz CT molecular complexity index is 338. The molecule has 2 N–H and O–H groups in total. The summed E-state index contributed by atoms with van der Waals surface area (Å²) in [6, 6.07) is 10.7. The Balaban J connectivity index is 3.01. The highest BCUT2D eigenvalue weighted by molar-refractivity contribution is 5.20. The maximum Gasteiger partial charge on any atom is 0.0478 e. The maximum atomic E-state index is 5.96. The summed E-state index contributed by atoms with van der Waals surface area (Å²) in [5.74, 6) is 0. The van der Waals surface area contributed by atoms with Crippen molar-refractivity contribution in [2.75, 3.05) is 13.1 Å². The maximum absolute atomic E-state index is 5.96. The van der Waals surface area contributed by atoms with Gasteiger partial charge in [0, 0.05) is 24.7 Å². The molecule has 1 rings (SSSR count). The highest BCUT2D eigenvalue weighted by atomic mass is 15.2. The quantitative estimate of drug-likeness (QED) is 0.791. The minimum atomic E-state index is 0.0774. The lowest BCUT2D eigenvalue weighted by Gasteiger charge is -2.41. The van der Waals surface area contributed by atoms with Crippen LogP contribution in [-0.4, -0.2) is 23.5 Å². The van der Waals surface area contributed by atoms with E-state index in [0.29, 0.717) is 6.54 Å². The predicted molar refractivity (Wildman–Crippen MR) is 74.9 cm³/mol. The SMILES string of the molecule is C=CCN(C(CN)c1ccccc1)C(C)(C)C. The Morgan fingerprint density at radius 2 is 1.88 bits per heavy atom. The predicted octanol–water partition coefficient (Wildman–Crippen LogP) is 2.97. The minimum absolute atomic E-state index is 0.0774. The summed E-state index contributed by atoms with van der Waals surface area (Å²) >= 11 is 0. The molecular formula is C15H24N2. The average Bonchev–Trinajstić information content (AvgIpc) is 2.29. The molecule has 1 unspecified atom stereocenters. The van der Waals surface area contributed by atoms with Gasteiger partial charge in [0.1, 0.15) is 0 Å². The van der Waals surface area contributed by atoms with Crippen molar-refractivity contribution in [1.29, 1.82) is 0 Å². The standard InChI is InChI=1S/C15H24N2/c1-5-11-17(15(2,3)4)14(12-16)13-9-7-6-8-10-13/h5-10,14H,1,11-12,16H2,2-4H3. The molecule has 0 bridgehead atoms. The molecule has 17 heavy (non-hydrogen) atoms. The molecular weight excluding hydrogens is 208 g/mol. The van der Waals surface area contributed by atoms with Crippen molar-refractivity contribution >= 4 is 0 Å². The third kappa shape index (κ3) is 3.69. The molecule has 94 valence electrons. The summed E-state index contributed by atoms with van der Waals surface area (Å²) in [6.07, 6.45) is 1.94. The van der Waals surface area contributed by atoms with Crippen LogP contribution in [0.25, 0.3) is 0 Å². The summed E-state index contributed by atoms with van der Waals surface area (Å²) < 4.78 is 0. The van der Waals surface area contributed by atoms with Gasteiger partial charge >= 0.3 is 0 Å². The first-order valence-corrected chi connectivity index (χ1v) is 6.13. The highest BCUT2D eigenvalue weighted by Gasteiger charge is 2.27. The van der Waals surface area contributed by atoms with E-state index in [-0.39, 0.29) is 11.6 Å². The third-order valence-corrected chi connectivity index (χ3v) is 2.97. The van der Waals surface area contributed by atoms with E-state index in [1.807, 2.05) is 12.1 Å². The number of rotatable bonds is 5. The largest absolute Gasteiger partial charge is 0.329 e. The van der Waals surface area contributed by atoms with Crippen LogP contribution in [0.5, 0.6) is 0 Å². The first-order chi connectivity index (χ1) is 8.00. The van der Waals surface area contributed by atoms with Crippen LogP contribution >= 0.6 is 0 Å². The van der Waals surface area contributed by atoms with Crippen LogP contribution in [0, 0.1) is 0 Å². The zero-order valence-corrected chi connectivity index (χ0v) is 11.2. The van der Waals surface area contributed by atoms with Crippen molar-refractivity contribution in [1.82, 2.24) is 4.90 Å². The molecule has 0 amide bonds. The Hall–Kier alpha value is -1.12. The summed E-state index contributed by atoms with van der Waals surface area (Å²) in [5.41, 5.74) is 7.30. The van der Waals surface area contributed by atoms with Crippen molar-refractivity contribution in [3.05, 3.63) is 48.6 Å². The Morgan fingerprint density at radius 3 is 2.29 bits per heavy atom. The molecule has 1 aromatic rings. The van der Waals surface area contributed by atoms with Crippen molar-refractivity contribution in [2.45, 2.75) is 32.4 Å². The van der Waals surface area contributed by atoms with Crippen LogP contribution in [0.2, 0.25) is 0 Å². The number of benzene rings is 1. The van der Waals surface area contributed by atoms with Crippen molar-refractivity contribution in [3.8, 4) is 0 Å². The fourth-order valence-electron chi connectivity index (χ4n) is 2.13. The molecule has 0 spiro atoms. The van der Waals surface area contributed by atoms with Crippen LogP contribution in [0.15, 0.2) is 43.0 Å². The Morgan fingerprint density at radius 1 is 1.29 bits per heavy atom. The topological polar surface area (TPSA) is 29.3 Å². The van der Waals surface area contributed by atoms with Gasteiger partial charge in [-0.15, -0.1) is 6.58 Å². The number of nitrogens with zero attached hydrogens (tertiary/aromatic N) is 1. The molecule has 0 saturated heterocycles.